The van der Waals surface area contributed by atoms with Gasteiger partial charge in [0.05, 0.1) is 6.61 Å². The molecule has 0 aromatic carbocycles. The summed E-state index contributed by atoms with van der Waals surface area (Å²) >= 11 is 0. The molecular formula is C12H24O2. The largest absolute Gasteiger partial charge is 0.465 e. The molecule has 0 spiro atoms. The second-order valence-electron chi connectivity index (χ2n) is 5.17. The van der Waals surface area contributed by atoms with Crippen molar-refractivity contribution in [2.45, 2.75) is 53.9 Å². The highest BCUT2D eigenvalue weighted by atomic mass is 16.5. The molecule has 0 N–H and O–H groups in total. The number of hydrogen-bond donors (Lipinski definition) is 0. The summed E-state index contributed by atoms with van der Waals surface area (Å²) in [5, 5.41) is 0. The number of hydrogen-bond acceptors (Lipinski definition) is 2. The molecule has 0 radical (unpaired) electrons. The van der Waals surface area contributed by atoms with Gasteiger partial charge in [-0.05, 0) is 17.8 Å². The van der Waals surface area contributed by atoms with Crippen molar-refractivity contribution in [1.82, 2.24) is 0 Å². The zero-order chi connectivity index (χ0) is 11.2. The summed E-state index contributed by atoms with van der Waals surface area (Å²) in [4.78, 5) is 11.3. The van der Waals surface area contributed by atoms with E-state index < -0.39 is 0 Å². The first-order chi connectivity index (χ1) is 6.37. The van der Waals surface area contributed by atoms with Gasteiger partial charge < -0.3 is 4.74 Å². The van der Waals surface area contributed by atoms with E-state index in [1.165, 1.54) is 0 Å². The first-order valence-electron chi connectivity index (χ1n) is 5.53. The lowest BCUT2D eigenvalue weighted by molar-refractivity contribution is -0.147. The smallest absolute Gasteiger partial charge is 0.306 e. The summed E-state index contributed by atoms with van der Waals surface area (Å²) in [5.41, 5.74) is 0.126. The monoisotopic (exact) mass is 200 g/mol. The lowest BCUT2D eigenvalue weighted by Crippen LogP contribution is -2.22. The number of rotatable bonds is 6. The molecule has 0 aliphatic carbocycles. The second kappa shape index (κ2) is 6.05. The second-order valence-corrected chi connectivity index (χ2v) is 5.17. The molecule has 0 aromatic rings. The Hall–Kier alpha value is -0.530. The first-order valence-corrected chi connectivity index (χ1v) is 5.53. The van der Waals surface area contributed by atoms with Crippen LogP contribution in [-0.2, 0) is 9.53 Å². The number of carbonyl (C=O) groups is 1. The van der Waals surface area contributed by atoms with Gasteiger partial charge in [-0.15, -0.1) is 0 Å². The van der Waals surface area contributed by atoms with Gasteiger partial charge in [0.15, 0.2) is 0 Å². The Morgan fingerprint density at radius 2 is 1.93 bits per heavy atom. The van der Waals surface area contributed by atoms with Crippen molar-refractivity contribution in [2.75, 3.05) is 6.61 Å². The molecule has 0 aliphatic heterocycles. The highest BCUT2D eigenvalue weighted by molar-refractivity contribution is 5.69. The molecule has 0 amide bonds. The Balaban J connectivity index is 3.75. The average Bonchev–Trinajstić information content (AvgIpc) is 2.00. The van der Waals surface area contributed by atoms with Crippen molar-refractivity contribution in [3.8, 4) is 0 Å². The standard InChI is InChI=1S/C12H24O2/c1-6-7-12(4,5)9-14-11(13)8-10(2)3/h10H,6-9H2,1-5H3. The molecule has 0 aromatic heterocycles. The van der Waals surface area contributed by atoms with Crippen LogP contribution < -0.4 is 0 Å². The van der Waals surface area contributed by atoms with Gasteiger partial charge in [0.2, 0.25) is 0 Å². The van der Waals surface area contributed by atoms with Gasteiger partial charge in [-0.3, -0.25) is 4.79 Å². The topological polar surface area (TPSA) is 26.3 Å². The normalized spacial score (nSPS) is 11.9. The maximum Gasteiger partial charge on any atom is 0.306 e. The van der Waals surface area contributed by atoms with E-state index in [2.05, 4.69) is 20.8 Å². The minimum absolute atomic E-state index is 0.0656. The highest BCUT2D eigenvalue weighted by Crippen LogP contribution is 2.22. The Kier molecular flexibility index (Phi) is 5.82. The first kappa shape index (κ1) is 13.5. The van der Waals surface area contributed by atoms with Crippen LogP contribution in [-0.4, -0.2) is 12.6 Å². The van der Waals surface area contributed by atoms with Crippen LogP contribution >= 0.6 is 0 Å². The maximum atomic E-state index is 11.3. The third-order valence-corrected chi connectivity index (χ3v) is 2.13. The van der Waals surface area contributed by atoms with Crippen LogP contribution in [0.25, 0.3) is 0 Å². The maximum absolute atomic E-state index is 11.3. The molecule has 2 nitrogen and oxygen atoms in total. The molecule has 0 heterocycles. The van der Waals surface area contributed by atoms with Crippen molar-refractivity contribution in [1.29, 1.82) is 0 Å². The van der Waals surface area contributed by atoms with Crippen LogP contribution in [0.5, 0.6) is 0 Å². The quantitative estimate of drug-likeness (QED) is 0.614. The van der Waals surface area contributed by atoms with Crippen LogP contribution in [0.4, 0.5) is 0 Å². The van der Waals surface area contributed by atoms with Crippen molar-refractivity contribution >= 4 is 5.97 Å². The fourth-order valence-corrected chi connectivity index (χ4v) is 1.42. The minimum atomic E-state index is -0.0656. The molecule has 0 saturated carbocycles. The van der Waals surface area contributed by atoms with E-state index in [0.717, 1.165) is 12.8 Å². The predicted octanol–water partition coefficient (Wildman–Crippen LogP) is 3.40. The van der Waals surface area contributed by atoms with Gasteiger partial charge in [0.1, 0.15) is 0 Å². The molecule has 0 saturated heterocycles. The zero-order valence-electron chi connectivity index (χ0n) is 10.2. The molecule has 0 bridgehead atoms. The molecule has 2 heteroatoms. The SMILES string of the molecule is CCCC(C)(C)COC(=O)CC(C)C. The summed E-state index contributed by atoms with van der Waals surface area (Å²) in [7, 11) is 0. The fourth-order valence-electron chi connectivity index (χ4n) is 1.42. The Morgan fingerprint density at radius 1 is 1.36 bits per heavy atom. The van der Waals surface area contributed by atoms with Gasteiger partial charge in [-0.2, -0.15) is 0 Å². The Morgan fingerprint density at radius 3 is 2.36 bits per heavy atom. The number of esters is 1. The minimum Gasteiger partial charge on any atom is -0.465 e. The number of carbonyl (C=O) groups excluding carboxylic acids is 1. The third-order valence-electron chi connectivity index (χ3n) is 2.13. The average molecular weight is 200 g/mol. The van der Waals surface area contributed by atoms with E-state index in [4.69, 9.17) is 4.74 Å². The van der Waals surface area contributed by atoms with Crippen molar-refractivity contribution in [2.24, 2.45) is 11.3 Å². The number of ether oxygens (including phenoxy) is 1. The molecule has 0 unspecified atom stereocenters. The Bertz CT molecular complexity index is 171. The van der Waals surface area contributed by atoms with Gasteiger partial charge in [-0.1, -0.05) is 41.0 Å². The van der Waals surface area contributed by atoms with E-state index in [-0.39, 0.29) is 11.4 Å². The van der Waals surface area contributed by atoms with E-state index in [1.807, 2.05) is 13.8 Å². The van der Waals surface area contributed by atoms with Crippen LogP contribution in [0, 0.1) is 11.3 Å². The van der Waals surface area contributed by atoms with Crippen molar-refractivity contribution in [3.63, 3.8) is 0 Å². The summed E-state index contributed by atoms with van der Waals surface area (Å²) in [6.45, 7) is 11.0. The summed E-state index contributed by atoms with van der Waals surface area (Å²) in [6.07, 6.45) is 2.76. The van der Waals surface area contributed by atoms with Gasteiger partial charge >= 0.3 is 5.97 Å². The van der Waals surface area contributed by atoms with E-state index in [9.17, 15) is 4.79 Å². The van der Waals surface area contributed by atoms with Crippen LogP contribution in [0.15, 0.2) is 0 Å². The van der Waals surface area contributed by atoms with E-state index in [1.54, 1.807) is 0 Å². The molecule has 0 rings (SSSR count). The molecule has 0 atom stereocenters. The Labute approximate surface area is 88.0 Å². The molecular weight excluding hydrogens is 176 g/mol. The van der Waals surface area contributed by atoms with Gasteiger partial charge in [-0.25, -0.2) is 0 Å². The van der Waals surface area contributed by atoms with Gasteiger partial charge in [0.25, 0.3) is 0 Å². The fraction of sp³-hybridized carbons (Fsp3) is 0.917. The summed E-state index contributed by atoms with van der Waals surface area (Å²) in [5.74, 6) is 0.320. The summed E-state index contributed by atoms with van der Waals surface area (Å²) in [6, 6.07) is 0. The lowest BCUT2D eigenvalue weighted by Gasteiger charge is -2.23. The molecule has 14 heavy (non-hydrogen) atoms. The lowest BCUT2D eigenvalue weighted by atomic mass is 9.89. The molecule has 0 aliphatic rings. The van der Waals surface area contributed by atoms with Crippen LogP contribution in [0.2, 0.25) is 0 Å². The van der Waals surface area contributed by atoms with Crippen LogP contribution in [0.1, 0.15) is 53.9 Å². The van der Waals surface area contributed by atoms with Crippen molar-refractivity contribution < 1.29 is 9.53 Å². The van der Waals surface area contributed by atoms with Gasteiger partial charge in [0, 0.05) is 6.42 Å². The van der Waals surface area contributed by atoms with Crippen molar-refractivity contribution in [3.05, 3.63) is 0 Å². The van der Waals surface area contributed by atoms with E-state index >= 15 is 0 Å². The van der Waals surface area contributed by atoms with Crippen LogP contribution in [0.3, 0.4) is 0 Å². The summed E-state index contributed by atoms with van der Waals surface area (Å²) < 4.78 is 5.23. The third kappa shape index (κ3) is 6.93. The molecule has 84 valence electrons. The highest BCUT2D eigenvalue weighted by Gasteiger charge is 2.19. The zero-order valence-corrected chi connectivity index (χ0v) is 10.2. The predicted molar refractivity (Wildman–Crippen MR) is 59.1 cm³/mol. The molecule has 0 fully saturated rings. The van der Waals surface area contributed by atoms with E-state index in [0.29, 0.717) is 18.9 Å².